The molecule has 1 aliphatic carbocycles. The van der Waals surface area contributed by atoms with E-state index in [9.17, 15) is 0 Å². The van der Waals surface area contributed by atoms with Crippen LogP contribution in [0.5, 0.6) is 0 Å². The maximum absolute atomic E-state index is 2.55. The highest BCUT2D eigenvalue weighted by molar-refractivity contribution is 6.73. The Hall–Kier alpha value is -1.60. The molecule has 2 radical (unpaired) electrons. The lowest BCUT2D eigenvalue weighted by Gasteiger charge is -2.10. The highest BCUT2D eigenvalue weighted by atomic mass is 28.2. The average Bonchev–Trinajstić information content (AvgIpc) is 2.85. The molecular weight excluding hydrogens is 292 g/mol. The van der Waals surface area contributed by atoms with Gasteiger partial charge in [-0.1, -0.05) is 96.2 Å². The number of hydrogen-bond donors (Lipinski definition) is 0. The number of unbranched alkanes of at least 4 members (excludes halogenated alkanes) is 2. The van der Waals surface area contributed by atoms with Crippen molar-refractivity contribution in [2.24, 2.45) is 0 Å². The van der Waals surface area contributed by atoms with Gasteiger partial charge in [-0.25, -0.2) is 0 Å². The highest BCUT2D eigenvalue weighted by Gasteiger charge is 2.22. The highest BCUT2D eigenvalue weighted by Crippen LogP contribution is 2.38. The molecule has 0 aromatic heterocycles. The molecule has 1 heteroatoms. The Bertz CT molecular complexity index is 691. The lowest BCUT2D eigenvalue weighted by atomic mass is 9.95. The minimum atomic E-state index is 0.631. The molecule has 1 aliphatic rings. The van der Waals surface area contributed by atoms with Crippen LogP contribution in [-0.4, -0.2) is 9.52 Å². The third kappa shape index (κ3) is 3.84. The predicted molar refractivity (Wildman–Crippen MR) is 103 cm³/mol. The molecule has 1 atom stereocenters. The molecule has 0 bridgehead atoms. The van der Waals surface area contributed by atoms with Crippen molar-refractivity contribution in [1.82, 2.24) is 0 Å². The van der Waals surface area contributed by atoms with Crippen LogP contribution in [0.1, 0.15) is 60.8 Å². The van der Waals surface area contributed by atoms with Crippen LogP contribution in [0.4, 0.5) is 0 Å². The van der Waals surface area contributed by atoms with Gasteiger partial charge in [-0.3, -0.25) is 0 Å². The minimum Gasteiger partial charge on any atom is -0.0772 e. The largest absolute Gasteiger partial charge is 0.121 e. The maximum atomic E-state index is 2.55. The zero-order valence-electron chi connectivity index (χ0n) is 14.5. The van der Waals surface area contributed by atoms with Gasteiger partial charge in [-0.05, 0) is 31.4 Å². The maximum Gasteiger partial charge on any atom is 0.121 e. The predicted octanol–water partition coefficient (Wildman–Crippen LogP) is 5.35. The van der Waals surface area contributed by atoms with Gasteiger partial charge in [0.2, 0.25) is 0 Å². The second-order valence-corrected chi connectivity index (χ2v) is 8.14. The number of allylic oxidation sites excluding steroid dienone is 1. The van der Waals surface area contributed by atoms with Crippen molar-refractivity contribution in [3.63, 3.8) is 0 Å². The van der Waals surface area contributed by atoms with E-state index >= 15 is 0 Å². The smallest absolute Gasteiger partial charge is 0.0772 e. The molecule has 0 nitrogen and oxygen atoms in total. The number of aryl methyl sites for hydroxylation is 2. The Labute approximate surface area is 143 Å². The molecule has 0 saturated carbocycles. The Balaban J connectivity index is 1.84. The van der Waals surface area contributed by atoms with E-state index in [0.29, 0.717) is 5.92 Å². The number of rotatable bonds is 6. The van der Waals surface area contributed by atoms with Gasteiger partial charge in [-0.2, -0.15) is 0 Å². The molecule has 0 saturated heterocycles. The van der Waals surface area contributed by atoms with Crippen LogP contribution in [0, 0.1) is 13.8 Å². The van der Waals surface area contributed by atoms with Gasteiger partial charge in [0.1, 0.15) is 9.52 Å². The summed E-state index contributed by atoms with van der Waals surface area (Å²) in [5, 5.41) is 3.02. The molecule has 0 aliphatic heterocycles. The zero-order valence-corrected chi connectivity index (χ0v) is 15.5. The summed E-state index contributed by atoms with van der Waals surface area (Å²) in [6.45, 7) is 6.68. The second kappa shape index (κ2) is 7.31. The molecule has 2 aromatic carbocycles. The van der Waals surface area contributed by atoms with Crippen molar-refractivity contribution >= 4 is 19.9 Å². The van der Waals surface area contributed by atoms with Gasteiger partial charge in [0.25, 0.3) is 0 Å². The van der Waals surface area contributed by atoms with Crippen LogP contribution in [0.2, 0.25) is 0 Å². The molecule has 2 aromatic rings. The van der Waals surface area contributed by atoms with Crippen molar-refractivity contribution < 1.29 is 0 Å². The monoisotopic (exact) mass is 318 g/mol. The molecule has 1 unspecified atom stereocenters. The van der Waals surface area contributed by atoms with Crippen LogP contribution in [0.15, 0.2) is 48.5 Å². The van der Waals surface area contributed by atoms with Gasteiger partial charge in [-0.15, -0.1) is 0 Å². The fourth-order valence-corrected chi connectivity index (χ4v) is 5.17. The van der Waals surface area contributed by atoms with E-state index in [1.807, 2.05) is 0 Å². The second-order valence-electron chi connectivity index (χ2n) is 6.77. The molecule has 23 heavy (non-hydrogen) atoms. The van der Waals surface area contributed by atoms with Crippen molar-refractivity contribution in [3.05, 3.63) is 70.8 Å². The summed E-state index contributed by atoms with van der Waals surface area (Å²) in [6, 6.07) is 16.0. The van der Waals surface area contributed by atoms with Crippen LogP contribution < -0.4 is 5.19 Å². The quantitative estimate of drug-likeness (QED) is 0.497. The van der Waals surface area contributed by atoms with E-state index < -0.39 is 0 Å². The third-order valence-electron chi connectivity index (χ3n) is 4.64. The van der Waals surface area contributed by atoms with Crippen molar-refractivity contribution in [1.29, 1.82) is 0 Å². The van der Waals surface area contributed by atoms with E-state index in [1.54, 1.807) is 10.8 Å². The van der Waals surface area contributed by atoms with Gasteiger partial charge in [0.15, 0.2) is 0 Å². The Morgan fingerprint density at radius 2 is 1.70 bits per heavy atom. The third-order valence-corrected chi connectivity index (χ3v) is 5.92. The van der Waals surface area contributed by atoms with E-state index in [2.05, 4.69) is 69.3 Å². The first-order valence-electron chi connectivity index (χ1n) is 8.84. The Morgan fingerprint density at radius 1 is 0.957 bits per heavy atom. The lowest BCUT2D eigenvalue weighted by molar-refractivity contribution is 0.632. The molecule has 0 heterocycles. The molecule has 0 fully saturated rings. The molecule has 0 N–H and O–H groups in total. The van der Waals surface area contributed by atoms with Gasteiger partial charge in [0, 0.05) is 5.92 Å². The van der Waals surface area contributed by atoms with Gasteiger partial charge in [0.05, 0.1) is 0 Å². The lowest BCUT2D eigenvalue weighted by Crippen LogP contribution is -2.16. The average molecular weight is 319 g/mol. The molecule has 3 rings (SSSR count). The first kappa shape index (κ1) is 16.3. The van der Waals surface area contributed by atoms with Crippen molar-refractivity contribution in [2.75, 3.05) is 0 Å². The Morgan fingerprint density at radius 3 is 2.43 bits per heavy atom. The summed E-state index contributed by atoms with van der Waals surface area (Å²) >= 11 is 0. The van der Waals surface area contributed by atoms with Crippen molar-refractivity contribution in [2.45, 2.75) is 52.4 Å². The summed E-state index contributed by atoms with van der Waals surface area (Å²) in [7, 11) is 0.770. The number of fused-ring (bicyclic) bond motifs is 1. The fourth-order valence-electron chi connectivity index (χ4n) is 3.61. The zero-order chi connectivity index (χ0) is 16.2. The van der Waals surface area contributed by atoms with E-state index in [4.69, 9.17) is 0 Å². The normalized spacial score (nSPS) is 16.3. The van der Waals surface area contributed by atoms with E-state index in [1.165, 1.54) is 47.6 Å². The summed E-state index contributed by atoms with van der Waals surface area (Å²) in [4.78, 5) is 0. The molecule has 118 valence electrons. The number of benzene rings is 2. The van der Waals surface area contributed by atoms with E-state index in [-0.39, 0.29) is 0 Å². The van der Waals surface area contributed by atoms with Crippen LogP contribution >= 0.6 is 0 Å². The van der Waals surface area contributed by atoms with Gasteiger partial charge >= 0.3 is 0 Å². The summed E-state index contributed by atoms with van der Waals surface area (Å²) in [6.07, 6.45) is 7.84. The molecule has 0 amide bonds. The molecular formula is C22H26Si. The van der Waals surface area contributed by atoms with E-state index in [0.717, 1.165) is 9.52 Å². The van der Waals surface area contributed by atoms with Crippen LogP contribution in [0.25, 0.3) is 5.20 Å². The molecule has 0 spiro atoms. The SMILES string of the molecule is CCCCCC1C=C([Si]c2cc(C)cc(C)c2)c2ccccc21. The Kier molecular flexibility index (Phi) is 5.17. The fraction of sp³-hybridized carbons (Fsp3) is 0.364. The standard InChI is InChI=1S/C22H26Si/c1-4-5-6-9-18-15-22(21-11-8-7-10-20(18)21)23-19-13-16(2)12-17(3)14-19/h7-8,10-15,18H,4-6,9H2,1-3H3. The van der Waals surface area contributed by atoms with Crippen LogP contribution in [0.3, 0.4) is 0 Å². The minimum absolute atomic E-state index is 0.631. The summed E-state index contributed by atoms with van der Waals surface area (Å²) in [5.74, 6) is 0.631. The van der Waals surface area contributed by atoms with Crippen molar-refractivity contribution in [3.8, 4) is 0 Å². The van der Waals surface area contributed by atoms with Crippen LogP contribution in [-0.2, 0) is 0 Å². The first-order valence-corrected chi connectivity index (χ1v) is 9.84. The summed E-state index contributed by atoms with van der Waals surface area (Å²) in [5.41, 5.74) is 5.79. The summed E-state index contributed by atoms with van der Waals surface area (Å²) < 4.78 is 0. The van der Waals surface area contributed by atoms with Gasteiger partial charge < -0.3 is 0 Å². The first-order chi connectivity index (χ1) is 11.2. The topological polar surface area (TPSA) is 0 Å². The number of hydrogen-bond acceptors (Lipinski definition) is 0.